The molecule has 0 unspecified atom stereocenters. The quantitative estimate of drug-likeness (QED) is 0.635. The highest BCUT2D eigenvalue weighted by Crippen LogP contribution is 2.41. The summed E-state index contributed by atoms with van der Waals surface area (Å²) in [7, 11) is 0. The molecule has 1 aliphatic rings. The van der Waals surface area contributed by atoms with Crippen molar-refractivity contribution in [3.05, 3.63) is 48.4 Å². The van der Waals surface area contributed by atoms with Crippen LogP contribution >= 0.6 is 0 Å². The molecule has 3 N–H and O–H groups in total. The van der Waals surface area contributed by atoms with Crippen molar-refractivity contribution in [1.29, 1.82) is 0 Å². The number of aromatic nitrogens is 4. The van der Waals surface area contributed by atoms with Gasteiger partial charge in [-0.15, -0.1) is 0 Å². The number of anilines is 1. The molecule has 7 heteroatoms. The number of aromatic amines is 1. The highest BCUT2D eigenvalue weighted by molar-refractivity contribution is 5.80. The molecule has 1 amide bonds. The minimum atomic E-state index is -0.00300. The second-order valence-electron chi connectivity index (χ2n) is 6.90. The molecule has 1 aromatic carbocycles. The van der Waals surface area contributed by atoms with Crippen molar-refractivity contribution in [2.45, 2.75) is 31.7 Å². The summed E-state index contributed by atoms with van der Waals surface area (Å²) in [5.41, 5.74) is 2.76. The van der Waals surface area contributed by atoms with E-state index < -0.39 is 0 Å². The van der Waals surface area contributed by atoms with Gasteiger partial charge in [0.15, 0.2) is 5.65 Å². The smallest absolute Gasteiger partial charge is 0.224 e. The standard InChI is InChI=1S/C19H22N6O/c1-12(9-20-19-21-10-16-17(25-19)23-11-22-16)24-18(26)15-7-14(8-15)13-5-3-2-4-6-13/h2-6,10-12,14-15H,7-9H2,1H3,(H,24,26)(H2,20,21,22,23,25)/t12-,14?,15?/m0/s1. The van der Waals surface area contributed by atoms with Gasteiger partial charge in [-0.05, 0) is 31.2 Å². The van der Waals surface area contributed by atoms with Crippen LogP contribution in [-0.2, 0) is 4.79 Å². The molecule has 26 heavy (non-hydrogen) atoms. The van der Waals surface area contributed by atoms with Gasteiger partial charge in [0.05, 0.1) is 12.5 Å². The molecule has 134 valence electrons. The summed E-state index contributed by atoms with van der Waals surface area (Å²) in [5.74, 6) is 1.27. The van der Waals surface area contributed by atoms with Gasteiger partial charge in [0.2, 0.25) is 11.9 Å². The molecule has 1 fully saturated rings. The van der Waals surface area contributed by atoms with Gasteiger partial charge in [0.25, 0.3) is 0 Å². The van der Waals surface area contributed by atoms with E-state index in [0.29, 0.717) is 24.1 Å². The fraction of sp³-hybridized carbons (Fsp3) is 0.368. The number of imidazole rings is 1. The summed E-state index contributed by atoms with van der Waals surface area (Å²) < 4.78 is 0. The van der Waals surface area contributed by atoms with Crippen molar-refractivity contribution >= 4 is 23.0 Å². The third kappa shape index (κ3) is 3.51. The lowest BCUT2D eigenvalue weighted by atomic mass is 9.71. The van der Waals surface area contributed by atoms with Crippen LogP contribution < -0.4 is 10.6 Å². The molecular weight excluding hydrogens is 328 g/mol. The number of H-pyrrole nitrogens is 1. The predicted molar refractivity (Wildman–Crippen MR) is 99.7 cm³/mol. The number of carbonyl (C=O) groups is 1. The first-order chi connectivity index (χ1) is 12.7. The van der Waals surface area contributed by atoms with E-state index in [1.54, 1.807) is 12.5 Å². The Bertz CT molecular complexity index is 887. The number of carbonyl (C=O) groups excluding carboxylic acids is 1. The third-order valence-electron chi connectivity index (χ3n) is 4.91. The Labute approximate surface area is 151 Å². The van der Waals surface area contributed by atoms with Crippen LogP contribution in [0.25, 0.3) is 11.2 Å². The molecule has 0 aliphatic heterocycles. The van der Waals surface area contributed by atoms with Gasteiger partial charge in [-0.25, -0.2) is 9.97 Å². The van der Waals surface area contributed by atoms with E-state index in [4.69, 9.17) is 0 Å². The first kappa shape index (κ1) is 16.5. The van der Waals surface area contributed by atoms with E-state index in [-0.39, 0.29) is 17.9 Å². The minimum absolute atomic E-state index is 0.00300. The monoisotopic (exact) mass is 350 g/mol. The van der Waals surface area contributed by atoms with Crippen molar-refractivity contribution < 1.29 is 4.79 Å². The van der Waals surface area contributed by atoms with Crippen LogP contribution in [0.5, 0.6) is 0 Å². The van der Waals surface area contributed by atoms with E-state index in [9.17, 15) is 4.79 Å². The summed E-state index contributed by atoms with van der Waals surface area (Å²) in [5, 5.41) is 6.23. The molecule has 0 radical (unpaired) electrons. The molecule has 0 saturated heterocycles. The van der Waals surface area contributed by atoms with Crippen LogP contribution in [0.15, 0.2) is 42.9 Å². The van der Waals surface area contributed by atoms with E-state index >= 15 is 0 Å². The molecule has 0 spiro atoms. The molecule has 0 bridgehead atoms. The van der Waals surface area contributed by atoms with Crippen molar-refractivity contribution in [3.63, 3.8) is 0 Å². The summed E-state index contributed by atoms with van der Waals surface area (Å²) in [6.45, 7) is 2.54. The highest BCUT2D eigenvalue weighted by Gasteiger charge is 2.35. The summed E-state index contributed by atoms with van der Waals surface area (Å²) in [6.07, 6.45) is 5.14. The number of amides is 1. The molecular formula is C19H22N6O. The topological polar surface area (TPSA) is 95.6 Å². The summed E-state index contributed by atoms with van der Waals surface area (Å²) >= 11 is 0. The number of nitrogens with zero attached hydrogens (tertiary/aromatic N) is 3. The van der Waals surface area contributed by atoms with Gasteiger partial charge in [-0.2, -0.15) is 4.98 Å². The maximum absolute atomic E-state index is 12.4. The zero-order valence-electron chi connectivity index (χ0n) is 14.6. The lowest BCUT2D eigenvalue weighted by molar-refractivity contribution is -0.128. The average Bonchev–Trinajstić information content (AvgIpc) is 3.07. The first-order valence-electron chi connectivity index (χ1n) is 8.94. The fourth-order valence-electron chi connectivity index (χ4n) is 3.31. The lowest BCUT2D eigenvalue weighted by Crippen LogP contribution is -2.44. The Morgan fingerprint density at radius 3 is 2.88 bits per heavy atom. The van der Waals surface area contributed by atoms with Crippen LogP contribution in [-0.4, -0.2) is 38.4 Å². The van der Waals surface area contributed by atoms with Crippen LogP contribution in [0.4, 0.5) is 5.95 Å². The van der Waals surface area contributed by atoms with Gasteiger partial charge in [0.1, 0.15) is 5.52 Å². The Kier molecular flexibility index (Phi) is 4.51. The Balaban J connectivity index is 1.23. The molecule has 2 aromatic heterocycles. The van der Waals surface area contributed by atoms with Gasteiger partial charge in [-0.3, -0.25) is 4.79 Å². The van der Waals surface area contributed by atoms with Gasteiger partial charge in [-0.1, -0.05) is 30.3 Å². The van der Waals surface area contributed by atoms with Crippen LogP contribution in [0.3, 0.4) is 0 Å². The van der Waals surface area contributed by atoms with E-state index in [1.807, 2.05) is 13.0 Å². The van der Waals surface area contributed by atoms with Crippen LogP contribution in [0.1, 0.15) is 31.2 Å². The van der Waals surface area contributed by atoms with Gasteiger partial charge in [0, 0.05) is 18.5 Å². The molecule has 2 heterocycles. The SMILES string of the molecule is C[C@@H](CNc1ncc2[nH]cnc2n1)NC(=O)C1CC(c2ccccc2)C1. The van der Waals surface area contributed by atoms with Crippen molar-refractivity contribution in [2.75, 3.05) is 11.9 Å². The lowest BCUT2D eigenvalue weighted by Gasteiger charge is -2.35. The van der Waals surface area contributed by atoms with Gasteiger partial charge < -0.3 is 15.6 Å². The second kappa shape index (κ2) is 7.11. The average molecular weight is 350 g/mol. The van der Waals surface area contributed by atoms with Crippen molar-refractivity contribution in [2.24, 2.45) is 5.92 Å². The molecule has 7 nitrogen and oxygen atoms in total. The largest absolute Gasteiger partial charge is 0.352 e. The van der Waals surface area contributed by atoms with E-state index in [1.165, 1.54) is 5.56 Å². The number of nitrogens with one attached hydrogen (secondary N) is 3. The molecule has 1 saturated carbocycles. The minimum Gasteiger partial charge on any atom is -0.352 e. The zero-order chi connectivity index (χ0) is 17.9. The molecule has 4 rings (SSSR count). The summed E-state index contributed by atoms with van der Waals surface area (Å²) in [6, 6.07) is 10.4. The van der Waals surface area contributed by atoms with E-state index in [2.05, 4.69) is 54.8 Å². The van der Waals surface area contributed by atoms with Crippen LogP contribution in [0, 0.1) is 5.92 Å². The summed E-state index contributed by atoms with van der Waals surface area (Å²) in [4.78, 5) is 28.0. The fourth-order valence-corrected chi connectivity index (χ4v) is 3.31. The molecule has 1 aliphatic carbocycles. The number of fused-ring (bicyclic) bond motifs is 1. The van der Waals surface area contributed by atoms with Crippen molar-refractivity contribution in [1.82, 2.24) is 25.3 Å². The van der Waals surface area contributed by atoms with Gasteiger partial charge >= 0.3 is 0 Å². The number of hydrogen-bond donors (Lipinski definition) is 3. The Morgan fingerprint density at radius 2 is 2.08 bits per heavy atom. The predicted octanol–water partition coefficient (Wildman–Crippen LogP) is 2.46. The van der Waals surface area contributed by atoms with Crippen LogP contribution in [0.2, 0.25) is 0 Å². The third-order valence-corrected chi connectivity index (χ3v) is 4.91. The Hall–Kier alpha value is -2.96. The van der Waals surface area contributed by atoms with E-state index in [0.717, 1.165) is 18.4 Å². The second-order valence-corrected chi connectivity index (χ2v) is 6.90. The normalized spacial score (nSPS) is 20.3. The number of benzene rings is 1. The number of rotatable bonds is 6. The molecule has 1 atom stereocenters. The first-order valence-corrected chi connectivity index (χ1v) is 8.94. The van der Waals surface area contributed by atoms with Crippen molar-refractivity contribution in [3.8, 4) is 0 Å². The maximum atomic E-state index is 12.4. The molecule has 3 aromatic rings. The Morgan fingerprint density at radius 1 is 1.27 bits per heavy atom. The highest BCUT2D eigenvalue weighted by atomic mass is 16.2. The zero-order valence-corrected chi connectivity index (χ0v) is 14.6. The number of hydrogen-bond acceptors (Lipinski definition) is 5. The maximum Gasteiger partial charge on any atom is 0.224 e.